The Bertz CT molecular complexity index is 893. The molecule has 1 unspecified atom stereocenters. The summed E-state index contributed by atoms with van der Waals surface area (Å²) in [6.07, 6.45) is -0.803. The number of rotatable bonds is 7. The molecule has 0 fully saturated rings. The molecule has 0 radical (unpaired) electrons. The van der Waals surface area contributed by atoms with Crippen LogP contribution < -0.4 is 0 Å². The predicted octanol–water partition coefficient (Wildman–Crippen LogP) is 2.98. The van der Waals surface area contributed by atoms with Gasteiger partial charge in [0.1, 0.15) is 0 Å². The van der Waals surface area contributed by atoms with Gasteiger partial charge in [-0.1, -0.05) is 25.4 Å². The van der Waals surface area contributed by atoms with E-state index in [0.29, 0.717) is 19.0 Å². The smallest absolute Gasteiger partial charge is 0.340 e. The van der Waals surface area contributed by atoms with E-state index in [0.717, 1.165) is 0 Å². The van der Waals surface area contributed by atoms with Gasteiger partial charge in [0.25, 0.3) is 5.89 Å². The Hall–Kier alpha value is -1.97. The number of esters is 1. The van der Waals surface area contributed by atoms with Gasteiger partial charge in [0.05, 0.1) is 15.5 Å². The van der Waals surface area contributed by atoms with Crippen molar-refractivity contribution in [3.05, 3.63) is 40.6 Å². The van der Waals surface area contributed by atoms with Crippen LogP contribution in [0.25, 0.3) is 0 Å². The van der Waals surface area contributed by atoms with E-state index in [1.807, 2.05) is 0 Å². The molecule has 0 bridgehead atoms. The van der Waals surface area contributed by atoms with Gasteiger partial charge in [-0.3, -0.25) is 0 Å². The Morgan fingerprint density at radius 3 is 2.50 bits per heavy atom. The summed E-state index contributed by atoms with van der Waals surface area (Å²) in [4.78, 5) is 12.4. The van der Waals surface area contributed by atoms with Crippen LogP contribution >= 0.6 is 11.6 Å². The molecule has 0 N–H and O–H groups in total. The second kappa shape index (κ2) is 8.15. The molecule has 0 aliphatic heterocycles. The quantitative estimate of drug-likeness (QED) is 0.657. The third-order valence-electron chi connectivity index (χ3n) is 3.67. The van der Waals surface area contributed by atoms with E-state index in [9.17, 15) is 13.2 Å². The molecular formula is C16H20ClN3O5S. The van der Waals surface area contributed by atoms with Gasteiger partial charge in [-0.15, -0.1) is 10.2 Å². The highest BCUT2D eigenvalue weighted by atomic mass is 35.5. The number of aryl methyl sites for hydroxylation is 1. The Morgan fingerprint density at radius 1 is 1.31 bits per heavy atom. The Morgan fingerprint density at radius 2 is 1.96 bits per heavy atom. The zero-order valence-electron chi connectivity index (χ0n) is 14.9. The second-order valence-corrected chi connectivity index (χ2v) is 7.78. The molecule has 0 aliphatic carbocycles. The van der Waals surface area contributed by atoms with Crippen molar-refractivity contribution >= 4 is 27.6 Å². The maximum Gasteiger partial charge on any atom is 0.340 e. The molecule has 0 saturated carbocycles. The van der Waals surface area contributed by atoms with Crippen molar-refractivity contribution in [2.75, 3.05) is 13.1 Å². The lowest BCUT2D eigenvalue weighted by Crippen LogP contribution is -2.30. The Kier molecular flexibility index (Phi) is 6.38. The summed E-state index contributed by atoms with van der Waals surface area (Å²) in [6.45, 7) is 7.28. The van der Waals surface area contributed by atoms with Crippen LogP contribution in [0.5, 0.6) is 0 Å². The fourth-order valence-corrected chi connectivity index (χ4v) is 3.96. The van der Waals surface area contributed by atoms with E-state index in [1.54, 1.807) is 27.7 Å². The Labute approximate surface area is 157 Å². The van der Waals surface area contributed by atoms with E-state index in [-0.39, 0.29) is 21.4 Å². The van der Waals surface area contributed by atoms with Crippen LogP contribution in [0.15, 0.2) is 27.5 Å². The molecule has 142 valence electrons. The van der Waals surface area contributed by atoms with E-state index in [1.165, 1.54) is 22.5 Å². The summed E-state index contributed by atoms with van der Waals surface area (Å²) in [7, 11) is -3.73. The topological polar surface area (TPSA) is 103 Å². The molecule has 0 aliphatic rings. The Balaban J connectivity index is 2.30. The minimum absolute atomic E-state index is 0.0289. The zero-order chi connectivity index (χ0) is 19.5. The number of hydrogen-bond acceptors (Lipinski definition) is 7. The van der Waals surface area contributed by atoms with E-state index in [2.05, 4.69) is 10.2 Å². The molecule has 8 nitrogen and oxygen atoms in total. The normalized spacial score (nSPS) is 13.0. The van der Waals surface area contributed by atoms with Crippen molar-refractivity contribution in [3.8, 4) is 0 Å². The average molecular weight is 402 g/mol. The van der Waals surface area contributed by atoms with E-state index < -0.39 is 22.1 Å². The zero-order valence-corrected chi connectivity index (χ0v) is 16.5. The molecular weight excluding hydrogens is 382 g/mol. The number of sulfonamides is 1. The van der Waals surface area contributed by atoms with Crippen LogP contribution in [-0.4, -0.2) is 42.0 Å². The number of carbonyl (C=O) groups is 1. The second-order valence-electron chi connectivity index (χ2n) is 5.44. The first-order valence-corrected chi connectivity index (χ1v) is 9.83. The van der Waals surface area contributed by atoms with Gasteiger partial charge >= 0.3 is 5.97 Å². The maximum atomic E-state index is 12.6. The average Bonchev–Trinajstić information content (AvgIpc) is 3.02. The fourth-order valence-electron chi connectivity index (χ4n) is 2.28. The molecule has 0 amide bonds. The van der Waals surface area contributed by atoms with Crippen LogP contribution in [-0.2, 0) is 14.8 Å². The summed E-state index contributed by atoms with van der Waals surface area (Å²) in [5.41, 5.74) is -0.0528. The first-order valence-electron chi connectivity index (χ1n) is 8.01. The number of halogens is 1. The molecule has 0 spiro atoms. The van der Waals surface area contributed by atoms with Crippen molar-refractivity contribution in [1.29, 1.82) is 0 Å². The molecule has 26 heavy (non-hydrogen) atoms. The van der Waals surface area contributed by atoms with Gasteiger partial charge in [0.2, 0.25) is 15.9 Å². The van der Waals surface area contributed by atoms with Gasteiger partial charge in [-0.2, -0.15) is 4.31 Å². The largest absolute Gasteiger partial charge is 0.449 e. The highest BCUT2D eigenvalue weighted by Gasteiger charge is 2.26. The molecule has 2 aromatic rings. The van der Waals surface area contributed by atoms with Crippen LogP contribution in [0.2, 0.25) is 5.02 Å². The summed E-state index contributed by atoms with van der Waals surface area (Å²) < 4.78 is 37.0. The first kappa shape index (κ1) is 20.3. The summed E-state index contributed by atoms with van der Waals surface area (Å²) in [6, 6.07) is 3.93. The molecule has 1 aromatic heterocycles. The van der Waals surface area contributed by atoms with E-state index >= 15 is 0 Å². The SMILES string of the molecule is CCN(CC)S(=O)(=O)c1ccc(Cl)c(C(=O)OC(C)c2nnc(C)o2)c1. The third kappa shape index (κ3) is 4.22. The van der Waals surface area contributed by atoms with Crippen molar-refractivity contribution in [2.45, 2.75) is 38.7 Å². The van der Waals surface area contributed by atoms with Gasteiger partial charge in [0, 0.05) is 20.0 Å². The van der Waals surface area contributed by atoms with Gasteiger partial charge in [-0.05, 0) is 25.1 Å². The summed E-state index contributed by atoms with van der Waals surface area (Å²) in [5.74, 6) is -0.304. The summed E-state index contributed by atoms with van der Waals surface area (Å²) >= 11 is 6.06. The fraction of sp³-hybridized carbons (Fsp3) is 0.438. The van der Waals surface area contributed by atoms with Crippen molar-refractivity contribution < 1.29 is 22.4 Å². The molecule has 0 saturated heterocycles. The highest BCUT2D eigenvalue weighted by molar-refractivity contribution is 7.89. The number of carbonyl (C=O) groups excluding carboxylic acids is 1. The molecule has 1 aromatic carbocycles. The monoisotopic (exact) mass is 401 g/mol. The van der Waals surface area contributed by atoms with Gasteiger partial charge in [0.15, 0.2) is 6.10 Å². The van der Waals surface area contributed by atoms with Crippen LogP contribution in [0, 0.1) is 6.92 Å². The lowest BCUT2D eigenvalue weighted by atomic mass is 10.2. The number of hydrogen-bond donors (Lipinski definition) is 0. The van der Waals surface area contributed by atoms with Crippen LogP contribution in [0.3, 0.4) is 0 Å². The van der Waals surface area contributed by atoms with Gasteiger partial charge in [-0.25, -0.2) is 13.2 Å². The van der Waals surface area contributed by atoms with Crippen molar-refractivity contribution in [2.24, 2.45) is 0 Å². The number of benzene rings is 1. The minimum Gasteiger partial charge on any atom is -0.449 e. The first-order chi connectivity index (χ1) is 12.2. The molecule has 1 heterocycles. The van der Waals surface area contributed by atoms with Crippen molar-refractivity contribution in [1.82, 2.24) is 14.5 Å². The number of nitrogens with zero attached hydrogens (tertiary/aromatic N) is 3. The lowest BCUT2D eigenvalue weighted by molar-refractivity contribution is 0.0277. The van der Waals surface area contributed by atoms with E-state index in [4.69, 9.17) is 20.8 Å². The minimum atomic E-state index is -3.73. The van der Waals surface area contributed by atoms with Crippen molar-refractivity contribution in [3.63, 3.8) is 0 Å². The predicted molar refractivity (Wildman–Crippen MR) is 94.4 cm³/mol. The molecule has 2 rings (SSSR count). The standard InChI is InChI=1S/C16H20ClN3O5S/c1-5-20(6-2)26(22,23)12-7-8-14(17)13(9-12)16(21)24-10(3)15-19-18-11(4)25-15/h7-10H,5-6H2,1-4H3. The van der Waals surface area contributed by atoms with Gasteiger partial charge < -0.3 is 9.15 Å². The van der Waals surface area contributed by atoms with Crippen LogP contribution in [0.4, 0.5) is 0 Å². The lowest BCUT2D eigenvalue weighted by Gasteiger charge is -2.19. The summed E-state index contributed by atoms with van der Waals surface area (Å²) in [5, 5.41) is 7.54. The maximum absolute atomic E-state index is 12.6. The third-order valence-corrected chi connectivity index (χ3v) is 6.05. The number of aromatic nitrogens is 2. The molecule has 1 atom stereocenters. The molecule has 10 heteroatoms. The van der Waals surface area contributed by atoms with Crippen LogP contribution in [0.1, 0.15) is 49.0 Å². The highest BCUT2D eigenvalue weighted by Crippen LogP contribution is 2.25. The number of ether oxygens (including phenoxy) is 1.